The Morgan fingerprint density at radius 3 is 2.34 bits per heavy atom. The first kappa shape index (κ1) is 24.9. The highest BCUT2D eigenvalue weighted by molar-refractivity contribution is 7.92. The number of nitrogens with one attached hydrogen (secondary N) is 2. The maximum atomic E-state index is 12.7. The number of amides is 2. The maximum absolute atomic E-state index is 12.7. The van der Waals surface area contributed by atoms with Crippen molar-refractivity contribution < 1.29 is 32.3 Å². The van der Waals surface area contributed by atoms with Crippen LogP contribution in [0, 0.1) is 0 Å². The molecule has 0 spiro atoms. The molecule has 0 saturated heterocycles. The third-order valence-corrected chi connectivity index (χ3v) is 5.64. The first-order valence-corrected chi connectivity index (χ1v) is 11.6. The van der Waals surface area contributed by atoms with E-state index >= 15 is 0 Å². The zero-order chi connectivity index (χ0) is 23.6. The third-order valence-electron chi connectivity index (χ3n) is 4.26. The van der Waals surface area contributed by atoms with Crippen LogP contribution in [0.5, 0.6) is 0 Å². The average molecular weight is 463 g/mol. The van der Waals surface area contributed by atoms with Crippen LogP contribution in [0.4, 0.5) is 10.5 Å². The van der Waals surface area contributed by atoms with Crippen LogP contribution in [0.1, 0.15) is 42.6 Å². The number of esters is 1. The fourth-order valence-electron chi connectivity index (χ4n) is 2.66. The van der Waals surface area contributed by atoms with E-state index in [0.29, 0.717) is 5.69 Å². The number of anilines is 1. The lowest BCUT2D eigenvalue weighted by Crippen LogP contribution is -2.34. The van der Waals surface area contributed by atoms with Crippen molar-refractivity contribution in [2.24, 2.45) is 0 Å². The van der Waals surface area contributed by atoms with Gasteiger partial charge < -0.3 is 9.47 Å². The number of ether oxygens (including phenoxy) is 2. The van der Waals surface area contributed by atoms with Gasteiger partial charge in [-0.1, -0.05) is 31.5 Å². The Bertz CT molecular complexity index is 1050. The Labute approximate surface area is 187 Å². The molecule has 0 unspecified atom stereocenters. The summed E-state index contributed by atoms with van der Waals surface area (Å²) in [6.07, 6.45) is 2.10. The number of imide groups is 1. The second-order valence-electron chi connectivity index (χ2n) is 6.78. The van der Waals surface area contributed by atoms with E-state index in [-0.39, 0.29) is 17.1 Å². The van der Waals surface area contributed by atoms with Crippen LogP contribution in [0.3, 0.4) is 0 Å². The molecule has 0 radical (unpaired) electrons. The number of benzene rings is 2. The maximum Gasteiger partial charge on any atom is 0.413 e. The molecule has 0 atom stereocenters. The molecule has 0 heterocycles. The van der Waals surface area contributed by atoms with E-state index in [4.69, 9.17) is 4.74 Å². The fourth-order valence-corrected chi connectivity index (χ4v) is 3.76. The van der Waals surface area contributed by atoms with Crippen molar-refractivity contribution >= 4 is 33.7 Å². The summed E-state index contributed by atoms with van der Waals surface area (Å²) < 4.78 is 37.3. The fraction of sp³-hybridized carbons (Fsp3) is 0.318. The van der Waals surface area contributed by atoms with Crippen LogP contribution in [0.25, 0.3) is 0 Å². The molecular weight excluding hydrogens is 436 g/mol. The predicted octanol–water partition coefficient (Wildman–Crippen LogP) is 3.26. The highest BCUT2D eigenvalue weighted by atomic mass is 32.2. The quantitative estimate of drug-likeness (QED) is 0.519. The minimum absolute atomic E-state index is 0.0632. The summed E-state index contributed by atoms with van der Waals surface area (Å²) in [6, 6.07) is 12.3. The molecule has 0 aromatic heterocycles. The Morgan fingerprint density at radius 1 is 0.969 bits per heavy atom. The molecule has 2 amide bonds. The number of hydrogen-bond acceptors (Lipinski definition) is 7. The Hall–Kier alpha value is -3.40. The SMILES string of the molecule is CCCCc1ccc(NS(=O)(=O)c2cccc(C(=O)OCC(=O)NC(=O)OCC)c2)cc1. The minimum atomic E-state index is -3.95. The second-order valence-corrected chi connectivity index (χ2v) is 8.46. The summed E-state index contributed by atoms with van der Waals surface area (Å²) >= 11 is 0. The van der Waals surface area contributed by atoms with Gasteiger partial charge in [-0.05, 0) is 55.7 Å². The molecule has 32 heavy (non-hydrogen) atoms. The van der Waals surface area contributed by atoms with E-state index in [1.54, 1.807) is 19.1 Å². The van der Waals surface area contributed by atoms with Gasteiger partial charge >= 0.3 is 12.1 Å². The van der Waals surface area contributed by atoms with Crippen molar-refractivity contribution in [2.75, 3.05) is 17.9 Å². The molecule has 2 N–H and O–H groups in total. The number of alkyl carbamates (subject to hydrolysis) is 1. The van der Waals surface area contributed by atoms with Gasteiger partial charge in [-0.25, -0.2) is 18.0 Å². The molecule has 0 fully saturated rings. The zero-order valence-electron chi connectivity index (χ0n) is 17.9. The molecule has 0 aliphatic rings. The van der Waals surface area contributed by atoms with Crippen LogP contribution in [-0.4, -0.2) is 39.6 Å². The normalized spacial score (nSPS) is 10.8. The van der Waals surface area contributed by atoms with Gasteiger partial charge in [0.15, 0.2) is 6.61 Å². The molecule has 0 aliphatic heterocycles. The lowest BCUT2D eigenvalue weighted by molar-refractivity contribution is -0.123. The lowest BCUT2D eigenvalue weighted by atomic mass is 10.1. The van der Waals surface area contributed by atoms with E-state index < -0.39 is 34.6 Å². The van der Waals surface area contributed by atoms with Gasteiger partial charge in [-0.2, -0.15) is 0 Å². The highest BCUT2D eigenvalue weighted by Crippen LogP contribution is 2.19. The van der Waals surface area contributed by atoms with Gasteiger partial charge in [-0.15, -0.1) is 0 Å². The molecule has 2 rings (SSSR count). The summed E-state index contributed by atoms with van der Waals surface area (Å²) in [5.41, 5.74) is 1.45. The van der Waals surface area contributed by atoms with Gasteiger partial charge in [0, 0.05) is 5.69 Å². The van der Waals surface area contributed by atoms with E-state index in [1.807, 2.05) is 17.4 Å². The summed E-state index contributed by atoms with van der Waals surface area (Å²) in [5, 5.41) is 1.88. The van der Waals surface area contributed by atoms with Crippen molar-refractivity contribution in [2.45, 2.75) is 38.0 Å². The van der Waals surface area contributed by atoms with E-state index in [0.717, 1.165) is 30.9 Å². The van der Waals surface area contributed by atoms with Gasteiger partial charge in [0.1, 0.15) is 0 Å². The van der Waals surface area contributed by atoms with Crippen LogP contribution in [-0.2, 0) is 30.7 Å². The molecular formula is C22H26N2O7S. The van der Waals surface area contributed by atoms with Gasteiger partial charge in [-0.3, -0.25) is 14.8 Å². The number of hydrogen-bond donors (Lipinski definition) is 2. The average Bonchev–Trinajstić information content (AvgIpc) is 2.77. The second kappa shape index (κ2) is 11.8. The van der Waals surface area contributed by atoms with Crippen molar-refractivity contribution in [3.63, 3.8) is 0 Å². The molecule has 0 aliphatic carbocycles. The van der Waals surface area contributed by atoms with Crippen LogP contribution >= 0.6 is 0 Å². The van der Waals surface area contributed by atoms with Gasteiger partial charge in [0.05, 0.1) is 17.1 Å². The first-order chi connectivity index (χ1) is 15.2. The standard InChI is InChI=1S/C22H26N2O7S/c1-3-5-7-16-10-12-18(13-11-16)24-32(28,29)19-9-6-8-17(14-19)21(26)31-15-20(25)23-22(27)30-4-2/h6,8-14,24H,3-5,7,15H2,1-2H3,(H,23,25,27). The third kappa shape index (κ3) is 7.69. The number of carbonyl (C=O) groups is 3. The van der Waals surface area contributed by atoms with Crippen LogP contribution in [0.2, 0.25) is 0 Å². The molecule has 2 aromatic rings. The summed E-state index contributed by atoms with van der Waals surface area (Å²) in [7, 11) is -3.95. The summed E-state index contributed by atoms with van der Waals surface area (Å²) in [5.74, 6) is -1.79. The zero-order valence-corrected chi connectivity index (χ0v) is 18.7. The first-order valence-electron chi connectivity index (χ1n) is 10.1. The molecule has 172 valence electrons. The van der Waals surface area contributed by atoms with Gasteiger partial charge in [0.2, 0.25) is 0 Å². The number of rotatable bonds is 10. The van der Waals surface area contributed by atoms with Gasteiger partial charge in [0.25, 0.3) is 15.9 Å². The summed E-state index contributed by atoms with van der Waals surface area (Å²) in [4.78, 5) is 34.8. The topological polar surface area (TPSA) is 128 Å². The van der Waals surface area contributed by atoms with Crippen molar-refractivity contribution in [3.05, 3.63) is 59.7 Å². The smallest absolute Gasteiger partial charge is 0.413 e. The number of unbranched alkanes of at least 4 members (excludes halogenated alkanes) is 1. The summed E-state index contributed by atoms with van der Waals surface area (Å²) in [6.45, 7) is 3.03. The van der Waals surface area contributed by atoms with E-state index in [2.05, 4.69) is 16.4 Å². The predicted molar refractivity (Wildman–Crippen MR) is 118 cm³/mol. The highest BCUT2D eigenvalue weighted by Gasteiger charge is 2.18. The van der Waals surface area contributed by atoms with Crippen molar-refractivity contribution in [1.82, 2.24) is 5.32 Å². The molecule has 2 aromatic carbocycles. The number of aryl methyl sites for hydroxylation is 1. The Morgan fingerprint density at radius 2 is 1.69 bits per heavy atom. The van der Waals surface area contributed by atoms with Crippen molar-refractivity contribution in [3.8, 4) is 0 Å². The van der Waals surface area contributed by atoms with E-state index in [1.165, 1.54) is 18.2 Å². The monoisotopic (exact) mass is 462 g/mol. The molecule has 0 saturated carbocycles. The molecule has 10 heteroatoms. The van der Waals surface area contributed by atoms with Crippen LogP contribution < -0.4 is 10.0 Å². The van der Waals surface area contributed by atoms with Crippen LogP contribution in [0.15, 0.2) is 53.4 Å². The Kier molecular flexibility index (Phi) is 9.21. The lowest BCUT2D eigenvalue weighted by Gasteiger charge is -2.10. The van der Waals surface area contributed by atoms with E-state index in [9.17, 15) is 22.8 Å². The Balaban J connectivity index is 2.01. The van der Waals surface area contributed by atoms with Crippen molar-refractivity contribution in [1.29, 1.82) is 0 Å². The number of sulfonamides is 1. The largest absolute Gasteiger partial charge is 0.452 e. The minimum Gasteiger partial charge on any atom is -0.452 e. The molecule has 0 bridgehead atoms. The number of carbonyl (C=O) groups excluding carboxylic acids is 3. The molecule has 9 nitrogen and oxygen atoms in total.